The van der Waals surface area contributed by atoms with Gasteiger partial charge in [0.05, 0.1) is 0 Å². The third-order valence-corrected chi connectivity index (χ3v) is 7.04. The number of benzene rings is 2. The summed E-state index contributed by atoms with van der Waals surface area (Å²) >= 11 is 1.51. The molecule has 2 heterocycles. The number of rotatable bonds is 6. The van der Waals surface area contributed by atoms with Crippen molar-refractivity contribution in [3.05, 3.63) is 71.8 Å². The van der Waals surface area contributed by atoms with Gasteiger partial charge in [0, 0.05) is 18.1 Å². The number of carbonyl (C=O) groups is 2. The zero-order valence-corrected chi connectivity index (χ0v) is 18.0. The van der Waals surface area contributed by atoms with Crippen LogP contribution in [-0.2, 0) is 25.7 Å². The van der Waals surface area contributed by atoms with Crippen molar-refractivity contribution < 1.29 is 19.1 Å². The molecule has 0 spiro atoms. The minimum atomic E-state index is -1.33. The van der Waals surface area contributed by atoms with Gasteiger partial charge < -0.3 is 14.4 Å². The number of esters is 1. The molecule has 3 atom stereocenters. The first-order valence-corrected chi connectivity index (χ1v) is 10.6. The molecule has 1 unspecified atom stereocenters. The Balaban J connectivity index is 1.53. The summed E-state index contributed by atoms with van der Waals surface area (Å²) in [5.41, 5.74) is 0.451. The van der Waals surface area contributed by atoms with Gasteiger partial charge in [0.1, 0.15) is 18.0 Å². The van der Waals surface area contributed by atoms with E-state index in [1.54, 1.807) is 11.1 Å². The Morgan fingerprint density at radius 2 is 1.77 bits per heavy atom. The van der Waals surface area contributed by atoms with Crippen LogP contribution in [0, 0.1) is 0 Å². The number of aliphatic imine (C=N–C) groups is 1. The number of amides is 1. The molecule has 0 N–H and O–H groups in total. The summed E-state index contributed by atoms with van der Waals surface area (Å²) in [6.45, 7) is 4.06. The largest absolute Gasteiger partial charge is 0.459 e. The number of hydrogen-bond acceptors (Lipinski definition) is 6. The Bertz CT molecular complexity index is 964. The second kappa shape index (κ2) is 7.89. The van der Waals surface area contributed by atoms with Crippen molar-refractivity contribution in [2.24, 2.45) is 4.99 Å². The van der Waals surface area contributed by atoms with Crippen LogP contribution < -0.4 is 0 Å². The minimum Gasteiger partial charge on any atom is -0.459 e. The van der Waals surface area contributed by atoms with Crippen LogP contribution in [0.1, 0.15) is 25.0 Å². The molecule has 156 valence electrons. The zero-order chi connectivity index (χ0) is 21.4. The van der Waals surface area contributed by atoms with Gasteiger partial charge in [-0.15, -0.1) is 11.8 Å². The van der Waals surface area contributed by atoms with Gasteiger partial charge in [-0.1, -0.05) is 60.7 Å². The van der Waals surface area contributed by atoms with Crippen molar-refractivity contribution in [1.82, 2.24) is 4.90 Å². The molecule has 30 heavy (non-hydrogen) atoms. The van der Waals surface area contributed by atoms with Gasteiger partial charge in [0.25, 0.3) is 11.6 Å². The molecule has 0 saturated carbocycles. The molecule has 0 aliphatic carbocycles. The van der Waals surface area contributed by atoms with Crippen molar-refractivity contribution in [3.8, 4) is 0 Å². The van der Waals surface area contributed by atoms with Gasteiger partial charge in [0.2, 0.25) is 0 Å². The van der Waals surface area contributed by atoms with Crippen LogP contribution >= 0.6 is 11.8 Å². The molecule has 4 rings (SSSR count). The predicted molar refractivity (Wildman–Crippen MR) is 116 cm³/mol. The lowest BCUT2D eigenvalue weighted by molar-refractivity contribution is -0.193. The Morgan fingerprint density at radius 1 is 1.13 bits per heavy atom. The van der Waals surface area contributed by atoms with Gasteiger partial charge >= 0.3 is 5.97 Å². The van der Waals surface area contributed by atoms with Gasteiger partial charge in [0.15, 0.2) is 0 Å². The monoisotopic (exact) mass is 424 g/mol. The maximum Gasteiger partial charge on any atom is 0.330 e. The summed E-state index contributed by atoms with van der Waals surface area (Å²) < 4.78 is 10.6. The zero-order valence-electron chi connectivity index (χ0n) is 17.1. The summed E-state index contributed by atoms with van der Waals surface area (Å²) in [4.78, 5) is 32.2. The highest BCUT2D eigenvalue weighted by atomic mass is 32.2. The first-order valence-electron chi connectivity index (χ1n) is 9.75. The summed E-state index contributed by atoms with van der Waals surface area (Å²) in [7, 11) is 1.48. The van der Waals surface area contributed by atoms with Crippen molar-refractivity contribution in [2.45, 2.75) is 42.3 Å². The van der Waals surface area contributed by atoms with E-state index < -0.39 is 22.5 Å². The first-order chi connectivity index (χ1) is 14.4. The molecule has 0 radical (unpaired) electrons. The molecular weight excluding hydrogens is 400 g/mol. The van der Waals surface area contributed by atoms with E-state index in [0.29, 0.717) is 0 Å². The van der Waals surface area contributed by atoms with Gasteiger partial charge in [-0.05, 0) is 25.0 Å². The lowest BCUT2D eigenvalue weighted by Crippen LogP contribution is -2.73. The average molecular weight is 425 g/mol. The first kappa shape index (κ1) is 20.6. The normalized spacial score (nSPS) is 27.0. The number of methoxy groups -OCH3 is 1. The van der Waals surface area contributed by atoms with Crippen LogP contribution in [0.25, 0.3) is 0 Å². The highest BCUT2D eigenvalue weighted by molar-refractivity contribution is 8.01. The molecule has 2 aliphatic heterocycles. The Kier molecular flexibility index (Phi) is 5.42. The molecular formula is C23H24N2O4S. The highest BCUT2D eigenvalue weighted by Crippen LogP contribution is 2.56. The molecule has 2 fully saturated rings. The van der Waals surface area contributed by atoms with Crippen molar-refractivity contribution in [1.29, 1.82) is 0 Å². The maximum atomic E-state index is 13.2. The van der Waals surface area contributed by atoms with E-state index in [0.717, 1.165) is 11.1 Å². The summed E-state index contributed by atoms with van der Waals surface area (Å²) in [5, 5.41) is -0.390. The van der Waals surface area contributed by atoms with E-state index in [-0.39, 0.29) is 17.9 Å². The molecule has 6 nitrogen and oxygen atoms in total. The van der Waals surface area contributed by atoms with E-state index in [4.69, 9.17) is 9.47 Å². The third kappa shape index (κ3) is 3.42. The van der Waals surface area contributed by atoms with Crippen molar-refractivity contribution >= 4 is 29.9 Å². The van der Waals surface area contributed by atoms with Crippen LogP contribution in [0.2, 0.25) is 0 Å². The number of β-lactam (4-membered cyclic amide) rings is 1. The van der Waals surface area contributed by atoms with Gasteiger partial charge in [-0.3, -0.25) is 4.79 Å². The number of carbonyl (C=O) groups excluding carboxylic acids is 2. The number of nitrogens with zero attached hydrogens (tertiary/aromatic N) is 2. The standard InChI is InChI=1S/C23H24N2O4S/c1-22(2)18(19(26)29-15-17-12-8-5-9-13-17)25-20(27)23(28-3,21(25)30-22)24-14-16-10-6-4-7-11-16/h4-14,18,21H,15H2,1-3H3/t18-,21+,23?/m0/s1. The van der Waals surface area contributed by atoms with Gasteiger partial charge in [-0.2, -0.15) is 0 Å². The fraction of sp³-hybridized carbons (Fsp3) is 0.348. The fourth-order valence-corrected chi connectivity index (χ4v) is 5.53. The van der Waals surface area contributed by atoms with Gasteiger partial charge in [-0.25, -0.2) is 9.79 Å². The fourth-order valence-electron chi connectivity index (χ4n) is 3.87. The lowest BCUT2D eigenvalue weighted by Gasteiger charge is -2.49. The molecule has 0 aromatic heterocycles. The van der Waals surface area contributed by atoms with E-state index in [2.05, 4.69) is 4.99 Å². The molecule has 7 heteroatoms. The second-order valence-corrected chi connectivity index (χ2v) is 9.59. The number of thioether (sulfide) groups is 1. The predicted octanol–water partition coefficient (Wildman–Crippen LogP) is 3.25. The Hall–Kier alpha value is -2.64. The van der Waals surface area contributed by atoms with E-state index in [1.165, 1.54) is 18.9 Å². The SMILES string of the molecule is COC1(N=Cc2ccccc2)C(=O)N2[C@@H](C(=O)OCc3ccccc3)C(C)(C)S[C@@H]21. The number of hydrogen-bond donors (Lipinski definition) is 0. The molecule has 2 aromatic carbocycles. The Morgan fingerprint density at radius 3 is 2.40 bits per heavy atom. The molecule has 2 saturated heterocycles. The van der Waals surface area contributed by atoms with E-state index in [1.807, 2.05) is 74.5 Å². The summed E-state index contributed by atoms with van der Waals surface area (Å²) in [6.07, 6.45) is 1.65. The van der Waals surface area contributed by atoms with E-state index >= 15 is 0 Å². The molecule has 1 amide bonds. The van der Waals surface area contributed by atoms with Crippen molar-refractivity contribution in [3.63, 3.8) is 0 Å². The molecule has 2 aromatic rings. The van der Waals surface area contributed by atoms with Crippen LogP contribution in [0.15, 0.2) is 65.7 Å². The minimum absolute atomic E-state index is 0.172. The molecule has 0 bridgehead atoms. The Labute approximate surface area is 180 Å². The van der Waals surface area contributed by atoms with E-state index in [9.17, 15) is 9.59 Å². The average Bonchev–Trinajstić information content (AvgIpc) is 3.03. The number of ether oxygens (including phenoxy) is 2. The topological polar surface area (TPSA) is 68.2 Å². The summed E-state index contributed by atoms with van der Waals surface area (Å²) in [6, 6.07) is 18.3. The molecule has 2 aliphatic rings. The van der Waals surface area contributed by atoms with Crippen LogP contribution in [0.4, 0.5) is 0 Å². The highest BCUT2D eigenvalue weighted by Gasteiger charge is 2.72. The van der Waals surface area contributed by atoms with Crippen molar-refractivity contribution in [2.75, 3.05) is 7.11 Å². The summed E-state index contributed by atoms with van der Waals surface area (Å²) in [5.74, 6) is -0.731. The quantitative estimate of drug-likeness (QED) is 0.405. The smallest absolute Gasteiger partial charge is 0.330 e. The number of fused-ring (bicyclic) bond motifs is 1. The lowest BCUT2D eigenvalue weighted by atomic mass is 9.93. The van der Waals surface area contributed by atoms with Crippen LogP contribution in [0.3, 0.4) is 0 Å². The second-order valence-electron chi connectivity index (χ2n) is 7.85. The third-order valence-electron chi connectivity index (χ3n) is 5.44. The van der Waals surface area contributed by atoms with Crippen LogP contribution in [0.5, 0.6) is 0 Å². The van der Waals surface area contributed by atoms with Crippen LogP contribution in [-0.4, -0.2) is 52.0 Å². The maximum absolute atomic E-state index is 13.2.